The van der Waals surface area contributed by atoms with Gasteiger partial charge in [0.15, 0.2) is 5.82 Å². The topological polar surface area (TPSA) is 46.0 Å². The van der Waals surface area contributed by atoms with Gasteiger partial charge in [-0.1, -0.05) is 6.07 Å². The molecule has 1 aliphatic rings. The van der Waals surface area contributed by atoms with Gasteiger partial charge in [-0.15, -0.1) is 0 Å². The van der Waals surface area contributed by atoms with Gasteiger partial charge in [-0.2, -0.15) is 5.10 Å². The normalized spacial score (nSPS) is 13.9. The average Bonchev–Trinajstić information content (AvgIpc) is 3.16. The summed E-state index contributed by atoms with van der Waals surface area (Å²) in [6, 6.07) is 10.3. The van der Waals surface area contributed by atoms with Crippen LogP contribution in [0.1, 0.15) is 5.56 Å². The van der Waals surface area contributed by atoms with Gasteiger partial charge in [0.05, 0.1) is 12.2 Å². The summed E-state index contributed by atoms with van der Waals surface area (Å²) < 4.78 is 1.83. The number of pyridine rings is 1. The van der Waals surface area contributed by atoms with Gasteiger partial charge in [0.1, 0.15) is 0 Å². The van der Waals surface area contributed by atoms with E-state index in [2.05, 4.69) is 32.4 Å². The molecule has 3 aromatic rings. The highest BCUT2D eigenvalue weighted by molar-refractivity contribution is 5.83. The molecule has 4 rings (SSSR count). The Morgan fingerprint density at radius 2 is 2.14 bits per heavy atom. The molecule has 0 fully saturated rings. The van der Waals surface area contributed by atoms with Crippen molar-refractivity contribution in [2.75, 3.05) is 11.6 Å². The van der Waals surface area contributed by atoms with Crippen LogP contribution in [0.5, 0.6) is 0 Å². The lowest BCUT2D eigenvalue weighted by molar-refractivity contribution is 0.858. The second kappa shape index (κ2) is 4.63. The fraction of sp³-hybridized carbons (Fsp3) is 0.125. The highest BCUT2D eigenvalue weighted by atomic mass is 15.3. The van der Waals surface area contributed by atoms with Crippen LogP contribution in [0.15, 0.2) is 55.1 Å². The molecule has 0 bridgehead atoms. The maximum absolute atomic E-state index is 4.58. The van der Waals surface area contributed by atoms with E-state index >= 15 is 0 Å². The van der Waals surface area contributed by atoms with Crippen LogP contribution in [0.25, 0.3) is 16.7 Å². The van der Waals surface area contributed by atoms with E-state index in [1.165, 1.54) is 0 Å². The number of aryl methyl sites for hydroxylation is 1. The summed E-state index contributed by atoms with van der Waals surface area (Å²) in [5, 5.41) is 8.86. The lowest BCUT2D eigenvalue weighted by Crippen LogP contribution is -2.19. The average molecular weight is 277 g/mol. The van der Waals surface area contributed by atoms with Gasteiger partial charge >= 0.3 is 0 Å². The molecule has 104 valence electrons. The first-order valence-corrected chi connectivity index (χ1v) is 6.89. The lowest BCUT2D eigenvalue weighted by Gasteiger charge is -2.14. The maximum Gasteiger partial charge on any atom is 0.153 e. The molecule has 0 atom stereocenters. The molecule has 0 saturated carbocycles. The molecule has 0 amide bonds. The molecule has 0 saturated heterocycles. The van der Waals surface area contributed by atoms with Gasteiger partial charge in [-0.25, -0.2) is 9.67 Å². The van der Waals surface area contributed by atoms with Crippen molar-refractivity contribution in [1.29, 1.82) is 0 Å². The van der Waals surface area contributed by atoms with Crippen molar-refractivity contribution in [3.05, 3.63) is 60.7 Å². The van der Waals surface area contributed by atoms with Crippen molar-refractivity contribution in [2.45, 2.75) is 6.92 Å². The second-order valence-corrected chi connectivity index (χ2v) is 5.16. The largest absolute Gasteiger partial charge is 0.372 e. The Labute approximate surface area is 122 Å². The van der Waals surface area contributed by atoms with Crippen LogP contribution in [0.3, 0.4) is 0 Å². The van der Waals surface area contributed by atoms with E-state index in [1.54, 1.807) is 0 Å². The molecule has 1 aliphatic heterocycles. The molecule has 21 heavy (non-hydrogen) atoms. The van der Waals surface area contributed by atoms with Crippen molar-refractivity contribution in [3.8, 4) is 5.82 Å². The van der Waals surface area contributed by atoms with E-state index in [4.69, 9.17) is 0 Å². The van der Waals surface area contributed by atoms with Gasteiger partial charge in [0.25, 0.3) is 0 Å². The van der Waals surface area contributed by atoms with Gasteiger partial charge in [-0.3, -0.25) is 0 Å². The fourth-order valence-corrected chi connectivity index (χ4v) is 2.43. The number of anilines is 1. The molecule has 3 heterocycles. The van der Waals surface area contributed by atoms with E-state index in [0.29, 0.717) is 0 Å². The first kappa shape index (κ1) is 12.0. The summed E-state index contributed by atoms with van der Waals surface area (Å²) in [6.07, 6.45) is 7.86. The number of aromatic nitrogens is 3. The van der Waals surface area contributed by atoms with Crippen molar-refractivity contribution in [1.82, 2.24) is 20.1 Å². The van der Waals surface area contributed by atoms with Crippen molar-refractivity contribution >= 4 is 16.6 Å². The predicted molar refractivity (Wildman–Crippen MR) is 83.2 cm³/mol. The molecule has 1 N–H and O–H groups in total. The summed E-state index contributed by atoms with van der Waals surface area (Å²) in [5.41, 5.74) is 3.27. The Morgan fingerprint density at radius 3 is 2.90 bits per heavy atom. The summed E-state index contributed by atoms with van der Waals surface area (Å²) >= 11 is 0. The van der Waals surface area contributed by atoms with Crippen LogP contribution in [0.2, 0.25) is 0 Å². The maximum atomic E-state index is 4.58. The smallest absolute Gasteiger partial charge is 0.153 e. The molecular formula is C16H15N5. The highest BCUT2D eigenvalue weighted by Crippen LogP contribution is 2.23. The van der Waals surface area contributed by atoms with E-state index in [1.807, 2.05) is 54.6 Å². The number of hydrogen-bond acceptors (Lipinski definition) is 4. The molecular weight excluding hydrogens is 262 g/mol. The molecule has 0 radical (unpaired) electrons. The Hall–Kier alpha value is -2.82. The number of rotatable bonds is 2. The minimum Gasteiger partial charge on any atom is -0.372 e. The van der Waals surface area contributed by atoms with Crippen LogP contribution in [0.4, 0.5) is 5.69 Å². The van der Waals surface area contributed by atoms with Crippen LogP contribution >= 0.6 is 0 Å². The number of benzene rings is 1. The highest BCUT2D eigenvalue weighted by Gasteiger charge is 2.09. The molecule has 5 nitrogen and oxygen atoms in total. The van der Waals surface area contributed by atoms with Crippen LogP contribution in [-0.2, 0) is 0 Å². The van der Waals surface area contributed by atoms with Crippen LogP contribution in [0, 0.1) is 6.92 Å². The second-order valence-electron chi connectivity index (χ2n) is 5.16. The zero-order valence-electron chi connectivity index (χ0n) is 11.7. The minimum absolute atomic E-state index is 0.805. The van der Waals surface area contributed by atoms with Crippen molar-refractivity contribution in [2.24, 2.45) is 0 Å². The summed E-state index contributed by atoms with van der Waals surface area (Å²) in [6.45, 7) is 2.83. The summed E-state index contributed by atoms with van der Waals surface area (Å²) in [4.78, 5) is 6.57. The molecule has 0 spiro atoms. The van der Waals surface area contributed by atoms with Gasteiger partial charge in [0, 0.05) is 35.9 Å². The van der Waals surface area contributed by atoms with Crippen molar-refractivity contribution < 1.29 is 0 Å². The first-order chi connectivity index (χ1) is 10.3. The quantitative estimate of drug-likeness (QED) is 0.782. The molecule has 2 aromatic heterocycles. The van der Waals surface area contributed by atoms with Gasteiger partial charge in [0.2, 0.25) is 0 Å². The van der Waals surface area contributed by atoms with Gasteiger partial charge in [-0.05, 0) is 36.8 Å². The van der Waals surface area contributed by atoms with E-state index in [-0.39, 0.29) is 0 Å². The summed E-state index contributed by atoms with van der Waals surface area (Å²) in [5.74, 6) is 0.834. The summed E-state index contributed by atoms with van der Waals surface area (Å²) in [7, 11) is 0. The van der Waals surface area contributed by atoms with E-state index in [0.717, 1.165) is 34.6 Å². The fourth-order valence-electron chi connectivity index (χ4n) is 2.43. The third-order valence-electron chi connectivity index (χ3n) is 3.58. The molecule has 0 aliphatic carbocycles. The van der Waals surface area contributed by atoms with Crippen LogP contribution < -0.4 is 10.2 Å². The Morgan fingerprint density at radius 1 is 1.19 bits per heavy atom. The standard InChI is InChI=1S/C16H15N5/c1-12-2-5-16(18-9-12)21-10-13-8-14(3-4-15(13)19-21)20-7-6-17-11-20/h2-10,17H,11H2,1H3. The van der Waals surface area contributed by atoms with Crippen LogP contribution in [-0.4, -0.2) is 21.4 Å². The zero-order valence-corrected chi connectivity index (χ0v) is 11.7. The molecule has 1 aromatic carbocycles. The van der Waals surface area contributed by atoms with Gasteiger partial charge < -0.3 is 10.2 Å². The third-order valence-corrected chi connectivity index (χ3v) is 3.58. The monoisotopic (exact) mass is 277 g/mol. The minimum atomic E-state index is 0.805. The molecule has 0 unspecified atom stereocenters. The zero-order chi connectivity index (χ0) is 14.2. The number of nitrogens with zero attached hydrogens (tertiary/aromatic N) is 4. The SMILES string of the molecule is Cc1ccc(-n2cc3cc(N4C=CNC4)ccc3n2)nc1. The Bertz CT molecular complexity index is 816. The predicted octanol–water partition coefficient (Wildman–Crippen LogP) is 2.57. The number of nitrogens with one attached hydrogen (secondary N) is 1. The first-order valence-electron chi connectivity index (χ1n) is 6.89. The third kappa shape index (κ3) is 2.12. The number of hydrogen-bond donors (Lipinski definition) is 1. The van der Waals surface area contributed by atoms with E-state index < -0.39 is 0 Å². The lowest BCUT2D eigenvalue weighted by atomic mass is 10.2. The Kier molecular flexibility index (Phi) is 2.64. The Balaban J connectivity index is 1.75. The van der Waals surface area contributed by atoms with Crippen molar-refractivity contribution in [3.63, 3.8) is 0 Å². The number of fused-ring (bicyclic) bond motifs is 1. The van der Waals surface area contributed by atoms with E-state index in [9.17, 15) is 0 Å². The molecule has 5 heteroatoms.